The van der Waals surface area contributed by atoms with E-state index in [4.69, 9.17) is 4.74 Å². The molecule has 0 saturated carbocycles. The van der Waals surface area contributed by atoms with Crippen molar-refractivity contribution in [3.05, 3.63) is 71.8 Å². The van der Waals surface area contributed by atoms with E-state index >= 15 is 19.2 Å². The molecule has 2 aliphatic heterocycles. The Morgan fingerprint density at radius 3 is 1.61 bits per heavy atom. The molecule has 4 N–H and O–H groups in total. The van der Waals surface area contributed by atoms with E-state index < -0.39 is 149 Å². The smallest absolute Gasteiger partial charge is 0.255 e. The number of nitrogens with one attached hydrogen (secondary N) is 3. The maximum atomic E-state index is 15.3. The van der Waals surface area contributed by atoms with E-state index in [1.54, 1.807) is 46.9 Å². The van der Waals surface area contributed by atoms with Crippen LogP contribution in [0.4, 0.5) is 0 Å². The van der Waals surface area contributed by atoms with Gasteiger partial charge in [-0.15, -0.1) is 0 Å². The van der Waals surface area contributed by atoms with E-state index in [2.05, 4.69) is 16.0 Å². The second kappa shape index (κ2) is 41.8. The van der Waals surface area contributed by atoms with Gasteiger partial charge in [0.05, 0.1) is 30.9 Å². The van der Waals surface area contributed by atoms with E-state index in [1.807, 2.05) is 104 Å². The number of amides is 11. The molecule has 0 aromatic heterocycles. The zero-order valence-corrected chi connectivity index (χ0v) is 66.2. The minimum absolute atomic E-state index is 0.00383. The van der Waals surface area contributed by atoms with E-state index in [0.717, 1.165) is 16.9 Å². The summed E-state index contributed by atoms with van der Waals surface area (Å²) < 4.78 is 6.23. The molecule has 0 aliphatic carbocycles. The number of rotatable bonds is 16. The van der Waals surface area contributed by atoms with Crippen LogP contribution >= 0.6 is 0 Å². The van der Waals surface area contributed by atoms with Crippen molar-refractivity contribution in [3.63, 3.8) is 0 Å². The summed E-state index contributed by atoms with van der Waals surface area (Å²) in [6.07, 6.45) is 1.29. The third kappa shape index (κ3) is 27.3. The van der Waals surface area contributed by atoms with Crippen LogP contribution in [0.25, 0.3) is 0 Å². The molecule has 2 fully saturated rings. The molecule has 12 atom stereocenters. The van der Waals surface area contributed by atoms with Gasteiger partial charge in [0.25, 0.3) is 11.8 Å². The van der Waals surface area contributed by atoms with Crippen LogP contribution in [0.15, 0.2) is 60.7 Å². The van der Waals surface area contributed by atoms with Crippen molar-refractivity contribution < 1.29 is 67.4 Å². The molecule has 25 heteroatoms. The minimum atomic E-state index is -1.79. The lowest BCUT2D eigenvalue weighted by Crippen LogP contribution is -2.61. The Morgan fingerprint density at radius 2 is 1.07 bits per heavy atom. The summed E-state index contributed by atoms with van der Waals surface area (Å²) >= 11 is 0. The van der Waals surface area contributed by atoms with Gasteiger partial charge in [0.2, 0.25) is 53.2 Å². The van der Waals surface area contributed by atoms with E-state index in [0.29, 0.717) is 44.3 Å². The van der Waals surface area contributed by atoms with Gasteiger partial charge < -0.3 is 65.0 Å². The summed E-state index contributed by atoms with van der Waals surface area (Å²) in [7, 11) is 10.4. The SMILES string of the molecule is CC[C@H](C)[C@@H]1NC(=O)C[C@H](CC(C)C)N(C)C(=O)CN(C)C(=O)[C@@H](C(=O)N2CCCCC2)NC(=O)[C@H](CC(C)C)N(C)C(=O)C[C@H](C)N(C)C(=O)C[C@H]([C@@H](C)O)CCC(=O)[C@H](CC(C)C)N(C)C(=O)[C@H](COC(C)(C)C)NC(=O)[C@H](Cc2ccccc2)N(C)C(=O)C[C@H](Cc2ccccc2)N(C)C1=O. The number of benzene rings is 2. The Bertz CT molecular complexity index is 3170. The first-order valence-corrected chi connectivity index (χ1v) is 37.6. The zero-order valence-electron chi connectivity index (χ0n) is 66.2. The van der Waals surface area contributed by atoms with Gasteiger partial charge >= 0.3 is 0 Å². The van der Waals surface area contributed by atoms with Crippen molar-refractivity contribution >= 4 is 70.8 Å². The second-order valence-electron chi connectivity index (χ2n) is 31.6. The Labute approximate surface area is 620 Å². The highest BCUT2D eigenvalue weighted by Crippen LogP contribution is 2.26. The molecular formula is C79H127N11O14. The lowest BCUT2D eigenvalue weighted by molar-refractivity contribution is -0.150. The van der Waals surface area contributed by atoms with Gasteiger partial charge in [-0.25, -0.2) is 0 Å². The summed E-state index contributed by atoms with van der Waals surface area (Å²) in [5, 5.41) is 19.9. The number of piperidine rings is 1. The number of ether oxygens (including phenoxy) is 1. The summed E-state index contributed by atoms with van der Waals surface area (Å²) in [5.41, 5.74) is 0.688. The fourth-order valence-corrected chi connectivity index (χ4v) is 13.4. The van der Waals surface area contributed by atoms with Crippen molar-refractivity contribution in [2.45, 2.75) is 252 Å². The number of hydrogen-bond acceptors (Lipinski definition) is 14. The molecule has 104 heavy (non-hydrogen) atoms. The molecule has 4 rings (SSSR count). The molecular weight excluding hydrogens is 1330 g/mol. The van der Waals surface area contributed by atoms with Gasteiger partial charge in [-0.05, 0) is 127 Å². The average molecular weight is 1450 g/mol. The molecule has 2 aromatic carbocycles. The monoisotopic (exact) mass is 1450 g/mol. The highest BCUT2D eigenvalue weighted by molar-refractivity contribution is 6.08. The van der Waals surface area contributed by atoms with Gasteiger partial charge in [0.15, 0.2) is 11.8 Å². The Balaban J connectivity index is 1.90. The fourth-order valence-electron chi connectivity index (χ4n) is 13.4. The first-order chi connectivity index (χ1) is 48.7. The lowest BCUT2D eigenvalue weighted by Gasteiger charge is -2.36. The standard InChI is InChI=1S/C79H127N11O14/c1-21-53(8)71-77(102)86(17)60(43-56-31-25-22-26-32-56)47-69(96)88(19)64(44-57-33-27-23-28-34-57)73(98)80-61(49-104-79(11,12)13)75(100)89(20)62(40-51(4)5)65(92)36-35-58(55(10)91)45-68(95)84(15)54(9)42-67(94)87(18)63(41-52(6)7)74(99)82-72(78(103)90-37-29-24-30-38-90)76(101)83(14)48-70(97)85(16)59(39-50(2)3)46-66(93)81-71/h22-23,25-28,31-34,50-55,58-64,71-72,91H,21,24,29-30,35-49H2,1-20H3,(H,80,98)(H,81,93)(H,82,99)/t53-,54-,55+,58+,59-,60-,61-,62-,63-,64-,71-,72-/m0/s1. The van der Waals surface area contributed by atoms with Gasteiger partial charge in [-0.1, -0.05) is 122 Å². The third-order valence-corrected chi connectivity index (χ3v) is 20.6. The van der Waals surface area contributed by atoms with Gasteiger partial charge in [0, 0.05) is 119 Å². The lowest BCUT2D eigenvalue weighted by atomic mass is 9.89. The molecule has 582 valence electrons. The van der Waals surface area contributed by atoms with Crippen molar-refractivity contribution in [2.75, 3.05) is 75.6 Å². The van der Waals surface area contributed by atoms with Gasteiger partial charge in [0.1, 0.15) is 24.2 Å². The third-order valence-electron chi connectivity index (χ3n) is 20.6. The normalized spacial score (nSPS) is 25.5. The maximum Gasteiger partial charge on any atom is 0.255 e. The largest absolute Gasteiger partial charge is 0.393 e. The summed E-state index contributed by atoms with van der Waals surface area (Å²) in [4.78, 5) is 189. The number of ketones is 1. The zero-order chi connectivity index (χ0) is 78.2. The van der Waals surface area contributed by atoms with Crippen molar-refractivity contribution in [1.82, 2.24) is 55.1 Å². The Kier molecular flexibility index (Phi) is 35.6. The van der Waals surface area contributed by atoms with Gasteiger partial charge in [-0.3, -0.25) is 57.5 Å². The van der Waals surface area contributed by atoms with Crippen LogP contribution in [0.2, 0.25) is 0 Å². The number of nitrogens with zero attached hydrogens (tertiary/aromatic N) is 8. The first kappa shape index (κ1) is 88.6. The van der Waals surface area contributed by atoms with E-state index in [1.165, 1.54) is 83.5 Å². The number of Topliss-reactive ketones (excluding diaryl/α,β-unsaturated/α-hetero) is 1. The summed E-state index contributed by atoms with van der Waals surface area (Å²) in [6, 6.07) is 8.24. The Morgan fingerprint density at radius 1 is 0.548 bits per heavy atom. The number of likely N-dealkylation sites (N-methyl/N-ethyl adjacent to an activating group) is 6. The van der Waals surface area contributed by atoms with E-state index in [9.17, 15) is 43.5 Å². The van der Waals surface area contributed by atoms with Crippen molar-refractivity contribution in [2.24, 2.45) is 29.6 Å². The quantitative estimate of drug-likeness (QED) is 0.134. The van der Waals surface area contributed by atoms with Crippen LogP contribution in [0.5, 0.6) is 0 Å². The predicted molar refractivity (Wildman–Crippen MR) is 401 cm³/mol. The Hall–Kier alpha value is -7.80. The fraction of sp³-hybridized carbons (Fsp3) is 0.696. The molecule has 2 aliphatic rings. The van der Waals surface area contributed by atoms with Crippen molar-refractivity contribution in [1.29, 1.82) is 0 Å². The highest BCUT2D eigenvalue weighted by Gasteiger charge is 2.42. The number of carbonyl (C=O) groups is 12. The molecule has 0 radical (unpaired) electrons. The maximum absolute atomic E-state index is 15.3. The first-order valence-electron chi connectivity index (χ1n) is 37.6. The number of likely N-dealkylation sites (tertiary alicyclic amines) is 1. The molecule has 2 aromatic rings. The highest BCUT2D eigenvalue weighted by atomic mass is 16.5. The van der Waals surface area contributed by atoms with Crippen LogP contribution in [-0.4, -0.2) is 257 Å². The van der Waals surface area contributed by atoms with Crippen LogP contribution in [0, 0.1) is 29.6 Å². The number of hydrogen-bond donors (Lipinski definition) is 4. The minimum Gasteiger partial charge on any atom is -0.393 e. The number of aliphatic hydroxyl groups excluding tert-OH is 1. The summed E-state index contributed by atoms with van der Waals surface area (Å²) in [5.74, 6) is -8.65. The molecule has 25 nitrogen and oxygen atoms in total. The van der Waals surface area contributed by atoms with Crippen molar-refractivity contribution in [3.8, 4) is 0 Å². The molecule has 11 amide bonds. The van der Waals surface area contributed by atoms with E-state index in [-0.39, 0.29) is 94.4 Å². The molecule has 2 saturated heterocycles. The summed E-state index contributed by atoms with van der Waals surface area (Å²) in [6.45, 7) is 23.5. The van der Waals surface area contributed by atoms with Crippen LogP contribution in [0.3, 0.4) is 0 Å². The molecule has 0 unspecified atom stereocenters. The van der Waals surface area contributed by atoms with Crippen LogP contribution < -0.4 is 16.0 Å². The predicted octanol–water partition coefficient (Wildman–Crippen LogP) is 6.30. The van der Waals surface area contributed by atoms with Gasteiger partial charge in [-0.2, -0.15) is 0 Å². The average Bonchev–Trinajstić information content (AvgIpc) is 0.828. The number of aliphatic hydroxyl groups is 1. The molecule has 0 spiro atoms. The molecule has 2 heterocycles. The van der Waals surface area contributed by atoms with Crippen LogP contribution in [0.1, 0.15) is 185 Å². The molecule has 0 bridgehead atoms. The van der Waals surface area contributed by atoms with Crippen LogP contribution in [-0.2, 0) is 75.1 Å². The topological polar surface area (TPSA) is 296 Å². The second-order valence-corrected chi connectivity index (χ2v) is 31.6. The number of carbonyl (C=O) groups excluding carboxylic acids is 12.